The number of carbonyl (C=O) groups is 1. The Balaban J connectivity index is 0. The first-order chi connectivity index (χ1) is 10.4. The van der Waals surface area contributed by atoms with E-state index in [1.165, 1.54) is 0 Å². The Hall–Kier alpha value is -0.410. The van der Waals surface area contributed by atoms with E-state index in [1.807, 2.05) is 0 Å². The van der Waals surface area contributed by atoms with E-state index >= 15 is 0 Å². The van der Waals surface area contributed by atoms with Gasteiger partial charge in [0.2, 0.25) is 0 Å². The maximum absolute atomic E-state index is 13.0. The Kier molecular flexibility index (Phi) is 9.14. The molecule has 0 aromatic rings. The first-order valence-corrected chi connectivity index (χ1v) is 7.28. The van der Waals surface area contributed by atoms with Crippen LogP contribution in [-0.2, 0) is 19.0 Å². The van der Waals surface area contributed by atoms with Crippen molar-refractivity contribution in [1.82, 2.24) is 0 Å². The van der Waals surface area contributed by atoms with Gasteiger partial charge in [0.25, 0.3) is 0 Å². The Bertz CT molecular complexity index is 560. The van der Waals surface area contributed by atoms with Gasteiger partial charge in [0.1, 0.15) is 6.61 Å². The summed E-state index contributed by atoms with van der Waals surface area (Å²) in [5.41, 5.74) is 0. The van der Waals surface area contributed by atoms with Gasteiger partial charge in [-0.1, -0.05) is 0 Å². The molecule has 5 nitrogen and oxygen atoms in total. The summed E-state index contributed by atoms with van der Waals surface area (Å²) in [7, 11) is -4.43. The second-order valence-corrected chi connectivity index (χ2v) is 5.99. The van der Waals surface area contributed by atoms with E-state index in [0.717, 1.165) is 6.92 Å². The minimum atomic E-state index is -7.06. The van der Waals surface area contributed by atoms with Crippen LogP contribution in [0.3, 0.4) is 0 Å². The van der Waals surface area contributed by atoms with E-state index < -0.39 is 59.0 Å². The topological polar surface area (TPSA) is 69.7 Å². The molecule has 0 unspecified atom stereocenters. The number of alkyl halides is 9. The van der Waals surface area contributed by atoms with Gasteiger partial charge in [-0.05, 0) is 6.92 Å². The number of carbonyl (C=O) groups excluding carboxylic acids is 1. The molecular formula is C9H10F9NaO5S. The van der Waals surface area contributed by atoms with Gasteiger partial charge < -0.3 is 8.92 Å². The summed E-state index contributed by atoms with van der Waals surface area (Å²) in [6.07, 6.45) is -11.6. The summed E-state index contributed by atoms with van der Waals surface area (Å²) in [5.74, 6) is -20.6. The number of hydrogen-bond donors (Lipinski definition) is 0. The third-order valence-electron chi connectivity index (χ3n) is 2.39. The van der Waals surface area contributed by atoms with Crippen molar-refractivity contribution >= 4 is 45.8 Å². The van der Waals surface area contributed by atoms with E-state index in [2.05, 4.69) is 8.92 Å². The van der Waals surface area contributed by atoms with Crippen LogP contribution in [-0.4, -0.2) is 80.4 Å². The monoisotopic (exact) mass is 424 g/mol. The van der Waals surface area contributed by atoms with Crippen LogP contribution in [0.1, 0.15) is 13.3 Å². The number of hydrogen-bond acceptors (Lipinski definition) is 5. The van der Waals surface area contributed by atoms with Gasteiger partial charge in [0.05, 0.1) is 12.2 Å². The molecule has 0 heterocycles. The van der Waals surface area contributed by atoms with Crippen molar-refractivity contribution in [3.63, 3.8) is 0 Å². The van der Waals surface area contributed by atoms with Gasteiger partial charge in [-0.15, -0.1) is 0 Å². The minimum absolute atomic E-state index is 0. The summed E-state index contributed by atoms with van der Waals surface area (Å²) in [6.45, 7) is -0.814. The number of rotatable bonds is 7. The molecule has 0 radical (unpaired) electrons. The van der Waals surface area contributed by atoms with Gasteiger partial charge in [-0.25, -0.2) is 4.79 Å². The second kappa shape index (κ2) is 8.52. The SMILES string of the molecule is CCS(=O)(=O)OC(=O)OCCC(F)(F)C(F)(F)C(F)(F)C(F)(F)F.[NaH]. The maximum atomic E-state index is 13.0. The molecule has 0 aliphatic carbocycles. The van der Waals surface area contributed by atoms with E-state index in [4.69, 9.17) is 0 Å². The molecule has 0 rings (SSSR count). The predicted molar refractivity (Wildman–Crippen MR) is 64.6 cm³/mol. The van der Waals surface area contributed by atoms with Crippen LogP contribution in [0.5, 0.6) is 0 Å². The van der Waals surface area contributed by atoms with Crippen LogP contribution in [0, 0.1) is 0 Å². The average molecular weight is 424 g/mol. The van der Waals surface area contributed by atoms with Crippen LogP contribution in [0.2, 0.25) is 0 Å². The van der Waals surface area contributed by atoms with Gasteiger partial charge in [0.15, 0.2) is 0 Å². The van der Waals surface area contributed by atoms with E-state index in [1.54, 1.807) is 0 Å². The van der Waals surface area contributed by atoms with Crippen molar-refractivity contribution in [3.05, 3.63) is 0 Å². The van der Waals surface area contributed by atoms with E-state index in [9.17, 15) is 52.7 Å². The molecule has 0 fully saturated rings. The molecule has 0 saturated carbocycles. The van der Waals surface area contributed by atoms with E-state index in [0.29, 0.717) is 0 Å². The quantitative estimate of drug-likeness (QED) is 0.272. The summed E-state index contributed by atoms with van der Waals surface area (Å²) in [6, 6.07) is 0. The molecule has 16 heteroatoms. The van der Waals surface area contributed by atoms with Gasteiger partial charge >= 0.3 is 69.8 Å². The summed E-state index contributed by atoms with van der Waals surface area (Å²) in [5, 5.41) is 0. The first-order valence-electron chi connectivity index (χ1n) is 5.70. The van der Waals surface area contributed by atoms with Crippen LogP contribution in [0.4, 0.5) is 44.3 Å². The van der Waals surface area contributed by atoms with Gasteiger partial charge in [-0.3, -0.25) is 0 Å². The van der Waals surface area contributed by atoms with Crippen LogP contribution >= 0.6 is 0 Å². The number of ether oxygens (including phenoxy) is 1. The normalized spacial score (nSPS) is 13.8. The van der Waals surface area contributed by atoms with Crippen molar-refractivity contribution < 1.29 is 61.6 Å². The molecule has 0 aliphatic heterocycles. The number of halogens is 9. The molecule has 0 N–H and O–H groups in total. The molecule has 0 aromatic heterocycles. The average Bonchev–Trinajstić information content (AvgIpc) is 2.36. The molecule has 0 spiro atoms. The molecule has 0 aliphatic rings. The molecule has 0 bridgehead atoms. The van der Waals surface area contributed by atoms with Crippen molar-refractivity contribution in [2.45, 2.75) is 37.3 Å². The van der Waals surface area contributed by atoms with Crippen LogP contribution in [0.15, 0.2) is 0 Å². The van der Waals surface area contributed by atoms with Crippen molar-refractivity contribution in [3.8, 4) is 0 Å². The Morgan fingerprint density at radius 2 is 1.36 bits per heavy atom. The third kappa shape index (κ3) is 6.36. The van der Waals surface area contributed by atoms with Gasteiger partial charge in [0, 0.05) is 0 Å². The fourth-order valence-corrected chi connectivity index (χ4v) is 1.39. The Morgan fingerprint density at radius 3 is 1.72 bits per heavy atom. The fraction of sp³-hybridized carbons (Fsp3) is 0.889. The fourth-order valence-electron chi connectivity index (χ4n) is 1.01. The zero-order valence-corrected chi connectivity index (χ0v) is 12.3. The molecule has 0 amide bonds. The van der Waals surface area contributed by atoms with E-state index in [-0.39, 0.29) is 29.6 Å². The zero-order chi connectivity index (χ0) is 19.6. The molecule has 146 valence electrons. The van der Waals surface area contributed by atoms with Crippen molar-refractivity contribution in [2.24, 2.45) is 0 Å². The van der Waals surface area contributed by atoms with Crippen molar-refractivity contribution in [1.29, 1.82) is 0 Å². The Morgan fingerprint density at radius 1 is 0.920 bits per heavy atom. The third-order valence-corrected chi connectivity index (χ3v) is 3.49. The van der Waals surface area contributed by atoms with Crippen molar-refractivity contribution in [2.75, 3.05) is 12.4 Å². The predicted octanol–water partition coefficient (Wildman–Crippen LogP) is 2.70. The molecule has 0 atom stereocenters. The molecule has 0 aromatic carbocycles. The molecular weight excluding hydrogens is 414 g/mol. The standard InChI is InChI=1S/C9H9F9O5S.Na.H/c1-2-24(20,21)23-5(19)22-4-3-6(10,11)7(12,13)8(14,15)9(16,17)18;;/h2-4H2,1H3;;. The summed E-state index contributed by atoms with van der Waals surface area (Å²) < 4.78 is 141. The Labute approximate surface area is 157 Å². The van der Waals surface area contributed by atoms with Crippen LogP contribution in [0.25, 0.3) is 0 Å². The second-order valence-electron chi connectivity index (χ2n) is 4.13. The van der Waals surface area contributed by atoms with Crippen LogP contribution < -0.4 is 0 Å². The van der Waals surface area contributed by atoms with Gasteiger partial charge in [-0.2, -0.15) is 47.9 Å². The summed E-state index contributed by atoms with van der Waals surface area (Å²) in [4.78, 5) is 10.7. The molecule has 0 saturated heterocycles. The molecule has 25 heavy (non-hydrogen) atoms. The first kappa shape index (κ1) is 26.8. The summed E-state index contributed by atoms with van der Waals surface area (Å²) >= 11 is 0. The zero-order valence-electron chi connectivity index (χ0n) is 11.5.